The lowest BCUT2D eigenvalue weighted by Crippen LogP contribution is -2.15. The molecule has 74 valence electrons. The van der Waals surface area contributed by atoms with Crippen molar-refractivity contribution in [1.29, 1.82) is 0 Å². The first-order chi connectivity index (χ1) is 6.48. The fourth-order valence-corrected chi connectivity index (χ4v) is 1.53. The SMILES string of the molecule is CC(C)(C)c1ncc2cc(F)ccn12. The van der Waals surface area contributed by atoms with E-state index in [0.29, 0.717) is 0 Å². The predicted octanol–water partition coefficient (Wildman–Crippen LogP) is 2.77. The number of rotatable bonds is 0. The minimum atomic E-state index is -0.224. The summed E-state index contributed by atoms with van der Waals surface area (Å²) in [6, 6.07) is 2.94. The minimum Gasteiger partial charge on any atom is -0.303 e. The molecule has 3 heteroatoms. The van der Waals surface area contributed by atoms with Crippen LogP contribution in [0.25, 0.3) is 5.52 Å². The highest BCUT2D eigenvalue weighted by Gasteiger charge is 2.19. The zero-order chi connectivity index (χ0) is 10.3. The summed E-state index contributed by atoms with van der Waals surface area (Å²) in [7, 11) is 0. The Labute approximate surface area is 82.4 Å². The first-order valence-corrected chi connectivity index (χ1v) is 4.61. The Hall–Kier alpha value is -1.38. The Balaban J connectivity index is 2.70. The number of hydrogen-bond donors (Lipinski definition) is 0. The van der Waals surface area contributed by atoms with E-state index in [1.54, 1.807) is 12.4 Å². The van der Waals surface area contributed by atoms with Crippen LogP contribution in [0, 0.1) is 5.82 Å². The average molecular weight is 192 g/mol. The van der Waals surface area contributed by atoms with Gasteiger partial charge >= 0.3 is 0 Å². The van der Waals surface area contributed by atoms with E-state index in [1.165, 1.54) is 12.1 Å². The Kier molecular flexibility index (Phi) is 1.84. The molecule has 2 aromatic heterocycles. The Morgan fingerprint density at radius 2 is 2.07 bits per heavy atom. The molecule has 0 saturated carbocycles. The molecular formula is C11H13FN2. The van der Waals surface area contributed by atoms with Crippen LogP contribution in [-0.2, 0) is 5.41 Å². The molecule has 0 radical (unpaired) electrons. The third-order valence-corrected chi connectivity index (χ3v) is 2.16. The molecule has 0 aliphatic rings. The minimum absolute atomic E-state index is 0.0236. The number of pyridine rings is 1. The molecule has 2 aromatic rings. The van der Waals surface area contributed by atoms with Gasteiger partial charge in [0.2, 0.25) is 0 Å². The topological polar surface area (TPSA) is 17.3 Å². The lowest BCUT2D eigenvalue weighted by atomic mass is 9.96. The van der Waals surface area contributed by atoms with Gasteiger partial charge in [-0.2, -0.15) is 0 Å². The van der Waals surface area contributed by atoms with E-state index in [4.69, 9.17) is 0 Å². The van der Waals surface area contributed by atoms with Crippen LogP contribution >= 0.6 is 0 Å². The molecule has 2 heterocycles. The van der Waals surface area contributed by atoms with Gasteiger partial charge in [0, 0.05) is 11.6 Å². The maximum Gasteiger partial charge on any atom is 0.126 e. The van der Waals surface area contributed by atoms with E-state index in [-0.39, 0.29) is 11.2 Å². The van der Waals surface area contributed by atoms with Crippen molar-refractivity contribution >= 4 is 5.52 Å². The Morgan fingerprint density at radius 1 is 1.36 bits per heavy atom. The zero-order valence-corrected chi connectivity index (χ0v) is 8.58. The highest BCUT2D eigenvalue weighted by Crippen LogP contribution is 2.22. The average Bonchev–Trinajstić information content (AvgIpc) is 2.45. The predicted molar refractivity (Wildman–Crippen MR) is 53.9 cm³/mol. The zero-order valence-electron chi connectivity index (χ0n) is 8.58. The molecule has 0 atom stereocenters. The summed E-state index contributed by atoms with van der Waals surface area (Å²) >= 11 is 0. The van der Waals surface area contributed by atoms with Crippen molar-refractivity contribution in [2.45, 2.75) is 26.2 Å². The second kappa shape index (κ2) is 2.80. The molecule has 0 fully saturated rings. The number of fused-ring (bicyclic) bond motifs is 1. The van der Waals surface area contributed by atoms with Crippen LogP contribution in [-0.4, -0.2) is 9.38 Å². The number of halogens is 1. The first kappa shape index (κ1) is 9.19. The number of aromatic nitrogens is 2. The summed E-state index contributed by atoms with van der Waals surface area (Å²) in [6.07, 6.45) is 3.42. The van der Waals surface area contributed by atoms with E-state index in [0.717, 1.165) is 11.3 Å². The van der Waals surface area contributed by atoms with E-state index in [2.05, 4.69) is 25.8 Å². The molecule has 0 amide bonds. The summed E-state index contributed by atoms with van der Waals surface area (Å²) in [5.41, 5.74) is 0.777. The summed E-state index contributed by atoms with van der Waals surface area (Å²) in [4.78, 5) is 4.30. The molecule has 14 heavy (non-hydrogen) atoms. The third kappa shape index (κ3) is 1.39. The maximum atomic E-state index is 12.9. The van der Waals surface area contributed by atoms with Crippen LogP contribution in [0.3, 0.4) is 0 Å². The smallest absolute Gasteiger partial charge is 0.126 e. The summed E-state index contributed by atoms with van der Waals surface area (Å²) in [6.45, 7) is 6.27. The molecule has 2 rings (SSSR count). The Morgan fingerprint density at radius 3 is 2.71 bits per heavy atom. The van der Waals surface area contributed by atoms with Crippen LogP contribution < -0.4 is 0 Å². The van der Waals surface area contributed by atoms with Crippen LogP contribution in [0.2, 0.25) is 0 Å². The molecule has 0 N–H and O–H groups in total. The lowest BCUT2D eigenvalue weighted by molar-refractivity contribution is 0.541. The van der Waals surface area contributed by atoms with Gasteiger partial charge in [-0.15, -0.1) is 0 Å². The standard InChI is InChI=1S/C11H13FN2/c1-11(2,3)10-13-7-9-6-8(12)4-5-14(9)10/h4-7H,1-3H3. The second-order valence-electron chi connectivity index (χ2n) is 4.47. The van der Waals surface area contributed by atoms with E-state index >= 15 is 0 Å². The number of hydrogen-bond acceptors (Lipinski definition) is 1. The van der Waals surface area contributed by atoms with Gasteiger partial charge in [0.05, 0.1) is 11.7 Å². The van der Waals surface area contributed by atoms with Crippen molar-refractivity contribution < 1.29 is 4.39 Å². The number of nitrogens with zero attached hydrogens (tertiary/aromatic N) is 2. The van der Waals surface area contributed by atoms with Crippen molar-refractivity contribution in [2.75, 3.05) is 0 Å². The summed E-state index contributed by atoms with van der Waals surface area (Å²) in [5.74, 6) is 0.727. The molecule has 2 nitrogen and oxygen atoms in total. The maximum absolute atomic E-state index is 12.9. The van der Waals surface area contributed by atoms with Crippen molar-refractivity contribution in [3.63, 3.8) is 0 Å². The highest BCUT2D eigenvalue weighted by molar-refractivity contribution is 5.46. The van der Waals surface area contributed by atoms with Gasteiger partial charge in [-0.05, 0) is 12.1 Å². The van der Waals surface area contributed by atoms with Gasteiger partial charge in [-0.3, -0.25) is 0 Å². The molecule has 0 saturated heterocycles. The van der Waals surface area contributed by atoms with Crippen molar-refractivity contribution in [3.8, 4) is 0 Å². The monoisotopic (exact) mass is 192 g/mol. The van der Waals surface area contributed by atoms with Gasteiger partial charge in [0.1, 0.15) is 11.6 Å². The molecular weight excluding hydrogens is 179 g/mol. The van der Waals surface area contributed by atoms with Crippen LogP contribution in [0.1, 0.15) is 26.6 Å². The van der Waals surface area contributed by atoms with Crippen LogP contribution in [0.15, 0.2) is 24.5 Å². The molecule has 0 aliphatic carbocycles. The van der Waals surface area contributed by atoms with Crippen molar-refractivity contribution in [2.24, 2.45) is 0 Å². The highest BCUT2D eigenvalue weighted by atomic mass is 19.1. The van der Waals surface area contributed by atoms with Crippen LogP contribution in [0.5, 0.6) is 0 Å². The molecule has 0 aliphatic heterocycles. The van der Waals surface area contributed by atoms with E-state index < -0.39 is 0 Å². The van der Waals surface area contributed by atoms with Gasteiger partial charge in [0.25, 0.3) is 0 Å². The molecule has 0 bridgehead atoms. The summed E-state index contributed by atoms with van der Waals surface area (Å²) < 4.78 is 14.8. The quantitative estimate of drug-likeness (QED) is 0.627. The molecule has 0 spiro atoms. The number of imidazole rings is 1. The van der Waals surface area contributed by atoms with Crippen molar-refractivity contribution in [1.82, 2.24) is 9.38 Å². The van der Waals surface area contributed by atoms with E-state index in [1.807, 2.05) is 4.40 Å². The van der Waals surface area contributed by atoms with Gasteiger partial charge in [-0.1, -0.05) is 20.8 Å². The second-order valence-corrected chi connectivity index (χ2v) is 4.47. The first-order valence-electron chi connectivity index (χ1n) is 4.61. The fourth-order valence-electron chi connectivity index (χ4n) is 1.53. The fraction of sp³-hybridized carbons (Fsp3) is 0.364. The van der Waals surface area contributed by atoms with Crippen molar-refractivity contribution in [3.05, 3.63) is 36.2 Å². The third-order valence-electron chi connectivity index (χ3n) is 2.16. The lowest BCUT2D eigenvalue weighted by Gasteiger charge is -2.16. The van der Waals surface area contributed by atoms with E-state index in [9.17, 15) is 4.39 Å². The summed E-state index contributed by atoms with van der Waals surface area (Å²) in [5, 5.41) is 0. The molecule has 0 aromatic carbocycles. The van der Waals surface area contributed by atoms with Gasteiger partial charge < -0.3 is 4.40 Å². The Bertz CT molecular complexity index is 466. The largest absolute Gasteiger partial charge is 0.303 e. The van der Waals surface area contributed by atoms with Crippen LogP contribution in [0.4, 0.5) is 4.39 Å². The normalized spacial score (nSPS) is 12.3. The van der Waals surface area contributed by atoms with Gasteiger partial charge in [0.15, 0.2) is 0 Å². The van der Waals surface area contributed by atoms with Gasteiger partial charge in [-0.25, -0.2) is 9.37 Å². The molecule has 0 unspecified atom stereocenters.